The van der Waals surface area contributed by atoms with Crippen LogP contribution in [0.3, 0.4) is 0 Å². The molecule has 2 amide bonds. The van der Waals surface area contributed by atoms with E-state index < -0.39 is 5.92 Å². The minimum atomic E-state index is -0.421. The lowest BCUT2D eigenvalue weighted by Crippen LogP contribution is -2.24. The fraction of sp³-hybridized carbons (Fsp3) is 0.286. The average molecular weight is 366 g/mol. The molecule has 0 radical (unpaired) electrons. The first-order chi connectivity index (χ1) is 13.0. The molecule has 6 heteroatoms. The summed E-state index contributed by atoms with van der Waals surface area (Å²) < 4.78 is 5.61. The van der Waals surface area contributed by atoms with Crippen LogP contribution in [0.25, 0.3) is 0 Å². The Balaban J connectivity index is 1.50. The fourth-order valence-corrected chi connectivity index (χ4v) is 2.67. The topological polar surface area (TPSA) is 77.0 Å². The molecule has 1 N–H and O–H groups in total. The van der Waals surface area contributed by atoms with Gasteiger partial charge < -0.3 is 9.57 Å². The highest BCUT2D eigenvalue weighted by atomic mass is 16.6. The molecule has 6 nitrogen and oxygen atoms in total. The predicted molar refractivity (Wildman–Crippen MR) is 101 cm³/mol. The molecule has 3 rings (SSSR count). The van der Waals surface area contributed by atoms with Gasteiger partial charge in [0, 0.05) is 6.42 Å². The highest BCUT2D eigenvalue weighted by Crippen LogP contribution is 2.17. The van der Waals surface area contributed by atoms with Crippen molar-refractivity contribution >= 4 is 17.5 Å². The van der Waals surface area contributed by atoms with E-state index in [9.17, 15) is 9.59 Å². The van der Waals surface area contributed by atoms with Crippen LogP contribution >= 0.6 is 0 Å². The molecule has 2 aromatic rings. The number of hydrogen-bond donors (Lipinski definition) is 1. The van der Waals surface area contributed by atoms with Crippen molar-refractivity contribution in [2.45, 2.75) is 26.9 Å². The molecule has 0 aromatic heterocycles. The van der Waals surface area contributed by atoms with Gasteiger partial charge in [-0.2, -0.15) is 0 Å². The Bertz CT molecular complexity index is 841. The molecule has 1 fully saturated rings. The van der Waals surface area contributed by atoms with Crippen LogP contribution in [0.5, 0.6) is 5.75 Å². The summed E-state index contributed by atoms with van der Waals surface area (Å²) >= 11 is 0. The van der Waals surface area contributed by atoms with Gasteiger partial charge in [-0.1, -0.05) is 35.0 Å². The summed E-state index contributed by atoms with van der Waals surface area (Å²) in [6.45, 7) is 4.52. The van der Waals surface area contributed by atoms with Gasteiger partial charge in [0.1, 0.15) is 19.0 Å². The third-order valence-electron chi connectivity index (χ3n) is 4.34. The summed E-state index contributed by atoms with van der Waals surface area (Å²) in [5, 5.41) is 6.43. The first kappa shape index (κ1) is 18.6. The Hall–Kier alpha value is -3.15. The third kappa shape index (κ3) is 5.17. The van der Waals surface area contributed by atoms with Gasteiger partial charge in [0.05, 0.1) is 11.6 Å². The van der Waals surface area contributed by atoms with Crippen LogP contribution in [-0.4, -0.2) is 24.1 Å². The van der Waals surface area contributed by atoms with E-state index >= 15 is 0 Å². The van der Waals surface area contributed by atoms with E-state index in [1.807, 2.05) is 62.4 Å². The monoisotopic (exact) mass is 366 g/mol. The largest absolute Gasteiger partial charge is 0.493 e. The number of ether oxygens (including phenoxy) is 1. The van der Waals surface area contributed by atoms with Crippen LogP contribution in [0.15, 0.2) is 53.7 Å². The van der Waals surface area contributed by atoms with Gasteiger partial charge in [-0.3, -0.25) is 14.9 Å². The van der Waals surface area contributed by atoms with Crippen molar-refractivity contribution in [3.8, 4) is 5.75 Å². The number of nitrogens with zero attached hydrogens (tertiary/aromatic N) is 1. The molecule has 1 atom stereocenters. The smallest absolute Gasteiger partial charge is 0.233 e. The molecular weight excluding hydrogens is 344 g/mol. The maximum absolute atomic E-state index is 11.5. The summed E-state index contributed by atoms with van der Waals surface area (Å²) in [5.41, 5.74) is 3.95. The zero-order valence-corrected chi connectivity index (χ0v) is 15.4. The minimum absolute atomic E-state index is 0.182. The van der Waals surface area contributed by atoms with Gasteiger partial charge in [-0.15, -0.1) is 0 Å². The number of benzene rings is 2. The molecule has 0 spiro atoms. The highest BCUT2D eigenvalue weighted by Gasteiger charge is 2.30. The average Bonchev–Trinajstić information content (AvgIpc) is 2.99. The van der Waals surface area contributed by atoms with Crippen LogP contribution in [0, 0.1) is 12.8 Å². The predicted octanol–water partition coefficient (Wildman–Crippen LogP) is 2.98. The first-order valence-electron chi connectivity index (χ1n) is 8.80. The molecule has 1 aliphatic rings. The van der Waals surface area contributed by atoms with Crippen LogP contribution in [-0.2, 0) is 21.0 Å². The first-order valence-corrected chi connectivity index (χ1v) is 8.80. The Morgan fingerprint density at radius 3 is 2.44 bits per heavy atom. The lowest BCUT2D eigenvalue weighted by molar-refractivity contribution is -0.126. The maximum Gasteiger partial charge on any atom is 0.233 e. The van der Waals surface area contributed by atoms with Gasteiger partial charge in [-0.05, 0) is 49.2 Å². The zero-order valence-electron chi connectivity index (χ0n) is 15.4. The SMILES string of the molecule is C/C(=N\OCc1ccc(C)cc1)c1ccc(OCC2CC(=O)NC2=O)cc1. The number of carbonyl (C=O) groups is 2. The van der Waals surface area contributed by atoms with Crippen molar-refractivity contribution in [1.29, 1.82) is 0 Å². The standard InChI is InChI=1S/C21H22N2O4/c1-14-3-5-16(6-4-14)12-27-23-15(2)17-7-9-19(10-8-17)26-13-18-11-20(24)22-21(18)25/h3-10,18H,11-13H2,1-2H3,(H,22,24,25)/b23-15+. The molecule has 27 heavy (non-hydrogen) atoms. The Kier molecular flexibility index (Phi) is 5.86. The molecule has 2 aromatic carbocycles. The van der Waals surface area contributed by atoms with E-state index in [-0.39, 0.29) is 24.8 Å². The van der Waals surface area contributed by atoms with Crippen LogP contribution in [0.1, 0.15) is 30.0 Å². The quantitative estimate of drug-likeness (QED) is 0.464. The molecule has 0 aliphatic carbocycles. The molecule has 140 valence electrons. The highest BCUT2D eigenvalue weighted by molar-refractivity contribution is 6.03. The van der Waals surface area contributed by atoms with E-state index in [0.717, 1.165) is 16.8 Å². The van der Waals surface area contributed by atoms with Crippen molar-refractivity contribution in [2.75, 3.05) is 6.61 Å². The van der Waals surface area contributed by atoms with E-state index in [4.69, 9.17) is 9.57 Å². The molecule has 1 aliphatic heterocycles. The second-order valence-electron chi connectivity index (χ2n) is 6.58. The van der Waals surface area contributed by atoms with E-state index in [2.05, 4.69) is 10.5 Å². The summed E-state index contributed by atoms with van der Waals surface area (Å²) in [7, 11) is 0. The van der Waals surface area contributed by atoms with Crippen LogP contribution in [0.4, 0.5) is 0 Å². The number of rotatable bonds is 7. The van der Waals surface area contributed by atoms with Crippen molar-refractivity contribution in [3.05, 3.63) is 65.2 Å². The maximum atomic E-state index is 11.5. The molecule has 0 saturated carbocycles. The van der Waals surface area contributed by atoms with Gasteiger partial charge >= 0.3 is 0 Å². The van der Waals surface area contributed by atoms with Gasteiger partial charge in [-0.25, -0.2) is 0 Å². The number of amides is 2. The summed E-state index contributed by atoms with van der Waals surface area (Å²) in [5.74, 6) is -0.304. The number of imide groups is 1. The van der Waals surface area contributed by atoms with Crippen LogP contribution < -0.4 is 10.1 Å². The molecule has 0 bridgehead atoms. The number of carbonyl (C=O) groups excluding carboxylic acids is 2. The van der Waals surface area contributed by atoms with E-state index in [1.54, 1.807) is 0 Å². The zero-order chi connectivity index (χ0) is 19.2. The molecular formula is C21H22N2O4. The van der Waals surface area contributed by atoms with Gasteiger partial charge in [0.25, 0.3) is 0 Å². The van der Waals surface area contributed by atoms with Crippen molar-refractivity contribution in [1.82, 2.24) is 5.32 Å². The number of oxime groups is 1. The number of nitrogens with one attached hydrogen (secondary N) is 1. The molecule has 1 unspecified atom stereocenters. The minimum Gasteiger partial charge on any atom is -0.493 e. The number of aryl methyl sites for hydroxylation is 1. The van der Waals surface area contributed by atoms with E-state index in [0.29, 0.717) is 12.4 Å². The van der Waals surface area contributed by atoms with Crippen molar-refractivity contribution < 1.29 is 19.2 Å². The van der Waals surface area contributed by atoms with Crippen molar-refractivity contribution in [2.24, 2.45) is 11.1 Å². The number of hydrogen-bond acceptors (Lipinski definition) is 5. The molecule has 1 saturated heterocycles. The Morgan fingerprint density at radius 2 is 1.81 bits per heavy atom. The lowest BCUT2D eigenvalue weighted by atomic mass is 10.1. The Labute approximate surface area is 158 Å². The Morgan fingerprint density at radius 1 is 1.11 bits per heavy atom. The summed E-state index contributed by atoms with van der Waals surface area (Å²) in [6.07, 6.45) is 0.182. The third-order valence-corrected chi connectivity index (χ3v) is 4.34. The van der Waals surface area contributed by atoms with Gasteiger partial charge in [0.2, 0.25) is 11.8 Å². The summed E-state index contributed by atoms with van der Waals surface area (Å²) in [6, 6.07) is 15.5. The van der Waals surface area contributed by atoms with Crippen LogP contribution in [0.2, 0.25) is 0 Å². The van der Waals surface area contributed by atoms with Crippen molar-refractivity contribution in [3.63, 3.8) is 0 Å². The van der Waals surface area contributed by atoms with Gasteiger partial charge in [0.15, 0.2) is 0 Å². The second kappa shape index (κ2) is 8.49. The van der Waals surface area contributed by atoms with E-state index in [1.165, 1.54) is 5.56 Å². The second-order valence-corrected chi connectivity index (χ2v) is 6.58. The normalized spacial score (nSPS) is 17.0. The molecule has 1 heterocycles. The summed E-state index contributed by atoms with van der Waals surface area (Å²) in [4.78, 5) is 28.1. The lowest BCUT2D eigenvalue weighted by Gasteiger charge is -2.10. The fourth-order valence-electron chi connectivity index (χ4n) is 2.67.